The molecule has 0 heterocycles. The van der Waals surface area contributed by atoms with E-state index in [1.807, 2.05) is 0 Å². The van der Waals surface area contributed by atoms with Gasteiger partial charge in [-0.05, 0) is 24.9 Å². The zero-order chi connectivity index (χ0) is 24.8. The molecular weight excluding hydrogens is 450 g/mol. The number of aliphatic carboxylic acids is 2. The molecule has 182 valence electrons. The van der Waals surface area contributed by atoms with Crippen molar-refractivity contribution < 1.29 is 44.1 Å². The summed E-state index contributed by atoms with van der Waals surface area (Å²) in [7, 11) is 0. The van der Waals surface area contributed by atoms with Gasteiger partial charge in [0.25, 0.3) is 0 Å². The smallest absolute Gasteiger partial charge is 0.326 e. The number of nitrogens with one attached hydrogen (secondary N) is 3. The molecule has 14 nitrogen and oxygen atoms in total. The van der Waals surface area contributed by atoms with Crippen LogP contribution in [0.1, 0.15) is 25.7 Å². The highest BCUT2D eigenvalue weighted by Crippen LogP contribution is 2.05. The summed E-state index contributed by atoms with van der Waals surface area (Å²) in [4.78, 5) is 70.0. The lowest BCUT2D eigenvalue weighted by molar-refractivity contribution is -0.143. The average Bonchev–Trinajstić information content (AvgIpc) is 2.70. The predicted octanol–water partition coefficient (Wildman–Crippen LogP) is -3.66. The van der Waals surface area contributed by atoms with Crippen LogP contribution >= 0.6 is 11.8 Å². The third-order valence-corrected chi connectivity index (χ3v) is 4.72. The number of hydrogen-bond donors (Lipinski definition) is 8. The van der Waals surface area contributed by atoms with Crippen LogP contribution in [-0.2, 0) is 28.8 Å². The van der Waals surface area contributed by atoms with E-state index in [0.717, 1.165) is 0 Å². The molecule has 0 aromatic heterocycles. The van der Waals surface area contributed by atoms with Crippen LogP contribution in [0.3, 0.4) is 0 Å². The largest absolute Gasteiger partial charge is 0.481 e. The second kappa shape index (κ2) is 15.0. The molecule has 0 aliphatic rings. The van der Waals surface area contributed by atoms with Crippen molar-refractivity contribution in [3.05, 3.63) is 0 Å². The second-order valence-corrected chi connectivity index (χ2v) is 7.68. The normalized spacial score (nSPS) is 14.3. The van der Waals surface area contributed by atoms with E-state index in [1.54, 1.807) is 6.26 Å². The van der Waals surface area contributed by atoms with Gasteiger partial charge in [0.15, 0.2) is 0 Å². The van der Waals surface area contributed by atoms with E-state index in [2.05, 4.69) is 16.0 Å². The topological polar surface area (TPSA) is 251 Å². The number of carboxylic acids is 2. The summed E-state index contributed by atoms with van der Waals surface area (Å²) in [6, 6.07) is -5.68. The fourth-order valence-corrected chi connectivity index (χ4v) is 2.83. The first-order valence-electron chi connectivity index (χ1n) is 9.42. The maximum atomic E-state index is 12.5. The van der Waals surface area contributed by atoms with Crippen molar-refractivity contribution in [2.45, 2.75) is 49.9 Å². The number of thioether (sulfide) groups is 1. The lowest BCUT2D eigenvalue weighted by atomic mass is 10.1. The molecule has 0 aromatic carbocycles. The summed E-state index contributed by atoms with van der Waals surface area (Å²) in [6.07, 6.45) is 0.418. The molecule has 0 radical (unpaired) electrons. The fraction of sp³-hybridized carbons (Fsp3) is 0.647. The highest BCUT2D eigenvalue weighted by Gasteiger charge is 2.30. The zero-order valence-corrected chi connectivity index (χ0v) is 18.2. The quantitative estimate of drug-likeness (QED) is 0.107. The van der Waals surface area contributed by atoms with Gasteiger partial charge in [-0.25, -0.2) is 4.79 Å². The average molecular weight is 480 g/mol. The Bertz CT molecular complexity index is 706. The third kappa shape index (κ3) is 11.5. The van der Waals surface area contributed by atoms with Gasteiger partial charge in [0, 0.05) is 6.42 Å². The van der Waals surface area contributed by atoms with Crippen LogP contribution < -0.4 is 27.4 Å². The number of carboxylic acid groups (broad SMARTS) is 2. The minimum Gasteiger partial charge on any atom is -0.481 e. The Hall–Kier alpha value is -2.91. The summed E-state index contributed by atoms with van der Waals surface area (Å²) in [6.45, 7) is -0.903. The SMILES string of the molecule is CSCCC(NC(=O)C(CCC(=O)O)NC(=O)C(CO)NC(=O)C(N)CC(N)=O)C(=O)O. The molecule has 10 N–H and O–H groups in total. The van der Waals surface area contributed by atoms with Crippen LogP contribution in [0.25, 0.3) is 0 Å². The number of hydrogen-bond acceptors (Lipinski definition) is 9. The molecule has 4 atom stereocenters. The molecule has 0 bridgehead atoms. The highest BCUT2D eigenvalue weighted by atomic mass is 32.2. The van der Waals surface area contributed by atoms with Crippen LogP contribution in [0.2, 0.25) is 0 Å². The van der Waals surface area contributed by atoms with Gasteiger partial charge in [0.1, 0.15) is 18.1 Å². The maximum Gasteiger partial charge on any atom is 0.326 e. The van der Waals surface area contributed by atoms with Gasteiger partial charge in [0.05, 0.1) is 19.1 Å². The molecule has 4 amide bonds. The minimum atomic E-state index is -1.58. The van der Waals surface area contributed by atoms with Crippen molar-refractivity contribution >= 4 is 47.3 Å². The Labute approximate surface area is 187 Å². The van der Waals surface area contributed by atoms with Crippen LogP contribution in [0.15, 0.2) is 0 Å². The lowest BCUT2D eigenvalue weighted by Gasteiger charge is -2.24. The van der Waals surface area contributed by atoms with E-state index in [9.17, 15) is 39.0 Å². The van der Waals surface area contributed by atoms with Gasteiger partial charge in [-0.2, -0.15) is 11.8 Å². The molecule has 4 unspecified atom stereocenters. The van der Waals surface area contributed by atoms with Crippen molar-refractivity contribution in [2.75, 3.05) is 18.6 Å². The molecule has 0 spiro atoms. The summed E-state index contributed by atoms with van der Waals surface area (Å²) in [5.74, 6) is -5.97. The van der Waals surface area contributed by atoms with E-state index >= 15 is 0 Å². The number of carbonyl (C=O) groups is 6. The first-order valence-corrected chi connectivity index (χ1v) is 10.8. The Morgan fingerprint density at radius 1 is 0.875 bits per heavy atom. The molecule has 0 aliphatic carbocycles. The Morgan fingerprint density at radius 2 is 1.41 bits per heavy atom. The fourth-order valence-electron chi connectivity index (χ4n) is 2.36. The first-order chi connectivity index (χ1) is 14.9. The molecule has 0 rings (SSSR count). The zero-order valence-electron chi connectivity index (χ0n) is 17.4. The van der Waals surface area contributed by atoms with Gasteiger partial charge in [-0.3, -0.25) is 24.0 Å². The molecule has 15 heteroatoms. The number of nitrogens with two attached hydrogens (primary N) is 2. The molecule has 0 saturated heterocycles. The minimum absolute atomic E-state index is 0.0922. The molecule has 0 aromatic rings. The molecular formula is C17H29N5O9S. The summed E-state index contributed by atoms with van der Waals surface area (Å²) < 4.78 is 0. The number of carbonyl (C=O) groups excluding carboxylic acids is 4. The van der Waals surface area contributed by atoms with Crippen molar-refractivity contribution in [3.8, 4) is 0 Å². The van der Waals surface area contributed by atoms with E-state index in [-0.39, 0.29) is 12.8 Å². The predicted molar refractivity (Wildman–Crippen MR) is 112 cm³/mol. The summed E-state index contributed by atoms with van der Waals surface area (Å²) in [5.41, 5.74) is 10.4. The Balaban J connectivity index is 5.30. The Kier molecular flexibility index (Phi) is 13.6. The maximum absolute atomic E-state index is 12.5. The first kappa shape index (κ1) is 29.1. The van der Waals surface area contributed by atoms with Gasteiger partial charge < -0.3 is 42.7 Å². The van der Waals surface area contributed by atoms with E-state index < -0.39 is 79.2 Å². The van der Waals surface area contributed by atoms with Crippen molar-refractivity contribution in [1.29, 1.82) is 0 Å². The lowest BCUT2D eigenvalue weighted by Crippen LogP contribution is -2.58. The number of aliphatic hydroxyl groups is 1. The van der Waals surface area contributed by atoms with Gasteiger partial charge in [0.2, 0.25) is 23.6 Å². The molecule has 32 heavy (non-hydrogen) atoms. The van der Waals surface area contributed by atoms with Gasteiger partial charge in [-0.1, -0.05) is 0 Å². The van der Waals surface area contributed by atoms with Gasteiger partial charge in [-0.15, -0.1) is 0 Å². The second-order valence-electron chi connectivity index (χ2n) is 6.70. The van der Waals surface area contributed by atoms with Crippen molar-refractivity contribution in [3.63, 3.8) is 0 Å². The van der Waals surface area contributed by atoms with Crippen molar-refractivity contribution in [1.82, 2.24) is 16.0 Å². The standard InChI is InChI=1S/C17H29N5O9S/c1-32-5-4-10(17(30)31)21-15(28)9(2-3-13(25)26)20-16(29)11(7-23)22-14(27)8(18)6-12(19)24/h8-11,23H,2-7,18H2,1H3,(H2,19,24)(H,20,29)(H,21,28)(H,22,27)(H,25,26)(H,30,31). The monoisotopic (exact) mass is 479 g/mol. The van der Waals surface area contributed by atoms with Crippen LogP contribution in [0, 0.1) is 0 Å². The third-order valence-electron chi connectivity index (χ3n) is 4.08. The van der Waals surface area contributed by atoms with Crippen LogP contribution in [-0.4, -0.2) is 93.7 Å². The number of primary amides is 1. The number of rotatable bonds is 16. The van der Waals surface area contributed by atoms with E-state index in [0.29, 0.717) is 5.75 Å². The summed E-state index contributed by atoms with van der Waals surface area (Å²) >= 11 is 1.36. The number of aliphatic hydroxyl groups excluding tert-OH is 1. The van der Waals surface area contributed by atoms with Crippen LogP contribution in [0.4, 0.5) is 0 Å². The molecule has 0 fully saturated rings. The van der Waals surface area contributed by atoms with Gasteiger partial charge >= 0.3 is 11.9 Å². The molecule has 0 aliphatic heterocycles. The summed E-state index contributed by atoms with van der Waals surface area (Å²) in [5, 5.41) is 34.0. The highest BCUT2D eigenvalue weighted by molar-refractivity contribution is 7.98. The molecule has 0 saturated carbocycles. The van der Waals surface area contributed by atoms with E-state index in [1.165, 1.54) is 11.8 Å². The van der Waals surface area contributed by atoms with E-state index in [4.69, 9.17) is 16.6 Å². The van der Waals surface area contributed by atoms with Crippen LogP contribution in [0.5, 0.6) is 0 Å². The Morgan fingerprint density at radius 3 is 1.88 bits per heavy atom. The van der Waals surface area contributed by atoms with Crippen molar-refractivity contribution in [2.24, 2.45) is 11.5 Å². The number of amides is 4.